The van der Waals surface area contributed by atoms with E-state index in [2.05, 4.69) is 106 Å². The van der Waals surface area contributed by atoms with Crippen LogP contribution in [-0.2, 0) is 0 Å². The molecule has 0 atom stereocenters. The maximum absolute atomic E-state index is 13.8. The summed E-state index contributed by atoms with van der Waals surface area (Å²) in [6.45, 7) is 26.9. The minimum atomic E-state index is -2.21. The van der Waals surface area contributed by atoms with Gasteiger partial charge in [0.05, 0.1) is 11.1 Å². The lowest BCUT2D eigenvalue weighted by Crippen LogP contribution is -2.43. The summed E-state index contributed by atoms with van der Waals surface area (Å²) in [4.78, 5) is 26.9. The first kappa shape index (κ1) is 32.6. The fraction of sp³-hybridized carbons (Fsp3) is 0.500. The number of hydrogen-bond acceptors (Lipinski definition) is 2. The van der Waals surface area contributed by atoms with Gasteiger partial charge in [-0.1, -0.05) is 119 Å². The number of hydrogen-bond donors (Lipinski definition) is 1. The van der Waals surface area contributed by atoms with E-state index in [0.29, 0.717) is 55.5 Å². The molecule has 2 aromatic carbocycles. The molecule has 1 aliphatic rings. The van der Waals surface area contributed by atoms with Crippen molar-refractivity contribution in [2.45, 2.75) is 116 Å². The van der Waals surface area contributed by atoms with E-state index < -0.39 is 22.1 Å². The quantitative estimate of drug-likeness (QED) is 0.222. The van der Waals surface area contributed by atoms with Crippen LogP contribution in [0.25, 0.3) is 11.1 Å². The third-order valence-corrected chi connectivity index (χ3v) is 22.4. The fourth-order valence-corrected chi connectivity index (χ4v) is 18.3. The number of rotatable bonds is 7. The van der Waals surface area contributed by atoms with Gasteiger partial charge in [-0.25, -0.2) is 4.79 Å². The van der Waals surface area contributed by atoms with Crippen molar-refractivity contribution < 1.29 is 14.7 Å². The van der Waals surface area contributed by atoms with Crippen molar-refractivity contribution >= 4 is 27.9 Å². The number of benzene rings is 2. The van der Waals surface area contributed by atoms with Gasteiger partial charge in [0, 0.05) is 16.7 Å². The van der Waals surface area contributed by atoms with Gasteiger partial charge in [0.2, 0.25) is 0 Å². The summed E-state index contributed by atoms with van der Waals surface area (Å²) in [5.41, 5.74) is 13.3. The number of carbonyl (C=O) groups is 2. The second kappa shape index (κ2) is 12.2. The number of carboxylic acid groups (broad SMARTS) is 1. The summed E-state index contributed by atoms with van der Waals surface area (Å²) in [7, 11) is -4.35. The van der Waals surface area contributed by atoms with Crippen molar-refractivity contribution in [1.82, 2.24) is 0 Å². The Hall–Kier alpha value is -2.87. The van der Waals surface area contributed by atoms with Crippen LogP contribution in [0.4, 0.5) is 0 Å². The molecule has 1 aliphatic carbocycles. The summed E-state index contributed by atoms with van der Waals surface area (Å²) in [6, 6.07) is 9.39. The van der Waals surface area contributed by atoms with Crippen LogP contribution in [0, 0.1) is 22.9 Å². The maximum atomic E-state index is 13.8. The average Bonchev–Trinajstić information content (AvgIpc) is 3.14. The van der Waals surface area contributed by atoms with E-state index in [-0.39, 0.29) is 11.3 Å². The van der Waals surface area contributed by atoms with Crippen molar-refractivity contribution in [2.75, 3.05) is 0 Å². The molecule has 0 aliphatic heterocycles. The molecule has 2 aromatic rings. The number of aromatic carboxylic acids is 1. The van der Waals surface area contributed by atoms with E-state index in [9.17, 15) is 14.7 Å². The second-order valence-corrected chi connectivity index (χ2v) is 24.7. The molecule has 0 aromatic heterocycles. The van der Waals surface area contributed by atoms with Gasteiger partial charge in [0.1, 0.15) is 16.1 Å². The highest BCUT2D eigenvalue weighted by atomic mass is 28.3. The second-order valence-electron chi connectivity index (χ2n) is 13.6. The SMILES string of the molecule is CC(C)[Si](C#Cc1cc2c(c(C#C[Si](C(C)C)(C(C)C)C(C)C)c1C(=O)O)C(=O)c1ccccc1-2)(C(C)C)C(C)C. The smallest absolute Gasteiger partial charge is 0.338 e. The normalized spacial score (nSPS) is 13.1. The predicted octanol–water partition coefficient (Wildman–Crippen LogP) is 9.74. The predicted molar refractivity (Wildman–Crippen MR) is 178 cm³/mol. The highest BCUT2D eigenvalue weighted by molar-refractivity contribution is 6.91. The van der Waals surface area contributed by atoms with Crippen molar-refractivity contribution in [2.24, 2.45) is 0 Å². The van der Waals surface area contributed by atoms with Crippen LogP contribution in [0.1, 0.15) is 120 Å². The summed E-state index contributed by atoms with van der Waals surface area (Å²) < 4.78 is 0. The van der Waals surface area contributed by atoms with Gasteiger partial charge < -0.3 is 5.11 Å². The van der Waals surface area contributed by atoms with Gasteiger partial charge in [-0.05, 0) is 50.4 Å². The molecule has 0 radical (unpaired) electrons. The van der Waals surface area contributed by atoms with Gasteiger partial charge in [0.25, 0.3) is 0 Å². The summed E-state index contributed by atoms with van der Waals surface area (Å²) >= 11 is 0. The highest BCUT2D eigenvalue weighted by Gasteiger charge is 2.43. The molecule has 3 rings (SSSR count). The lowest BCUT2D eigenvalue weighted by atomic mass is 9.92. The monoisotopic (exact) mass is 584 g/mol. The minimum absolute atomic E-state index is 0.0724. The first-order valence-corrected chi connectivity index (χ1v) is 19.7. The summed E-state index contributed by atoms with van der Waals surface area (Å²) in [5, 5.41) is 10.7. The molecule has 41 heavy (non-hydrogen) atoms. The van der Waals surface area contributed by atoms with Gasteiger partial charge in [-0.2, -0.15) is 0 Å². The van der Waals surface area contributed by atoms with Gasteiger partial charge >= 0.3 is 5.97 Å². The maximum Gasteiger partial charge on any atom is 0.338 e. The molecule has 3 nitrogen and oxygen atoms in total. The number of carboxylic acids is 1. The number of carbonyl (C=O) groups excluding carboxylic acids is 1. The van der Waals surface area contributed by atoms with Crippen LogP contribution in [0.3, 0.4) is 0 Å². The highest BCUT2D eigenvalue weighted by Crippen LogP contribution is 2.44. The van der Waals surface area contributed by atoms with Gasteiger partial charge in [0.15, 0.2) is 5.78 Å². The van der Waals surface area contributed by atoms with Gasteiger partial charge in [-0.15, -0.1) is 11.1 Å². The summed E-state index contributed by atoms with van der Waals surface area (Å²) in [6.07, 6.45) is 0. The lowest BCUT2D eigenvalue weighted by Gasteiger charge is -2.38. The zero-order chi connectivity index (χ0) is 31.0. The van der Waals surface area contributed by atoms with Crippen LogP contribution in [0.5, 0.6) is 0 Å². The zero-order valence-corrected chi connectivity index (χ0v) is 29.1. The van der Waals surface area contributed by atoms with E-state index in [1.807, 2.05) is 30.3 Å². The average molecular weight is 585 g/mol. The van der Waals surface area contributed by atoms with Crippen molar-refractivity contribution in [3.63, 3.8) is 0 Å². The van der Waals surface area contributed by atoms with Gasteiger partial charge in [-0.3, -0.25) is 4.79 Å². The van der Waals surface area contributed by atoms with Crippen molar-refractivity contribution in [3.8, 4) is 34.1 Å². The molecule has 0 spiro atoms. The molecule has 1 N–H and O–H groups in total. The molecule has 218 valence electrons. The van der Waals surface area contributed by atoms with E-state index >= 15 is 0 Å². The molecule has 0 heterocycles. The molecular weight excluding hydrogens is 537 g/mol. The topological polar surface area (TPSA) is 54.4 Å². The first-order valence-electron chi connectivity index (χ1n) is 15.2. The summed E-state index contributed by atoms with van der Waals surface area (Å²) in [5.74, 6) is 5.60. The van der Waals surface area contributed by atoms with Crippen LogP contribution < -0.4 is 0 Å². The molecule has 5 heteroatoms. The molecule has 0 unspecified atom stereocenters. The lowest BCUT2D eigenvalue weighted by molar-refractivity contribution is 0.0696. The number of fused-ring (bicyclic) bond motifs is 3. The Morgan fingerprint density at radius 1 is 0.659 bits per heavy atom. The Labute approximate surface area is 250 Å². The Morgan fingerprint density at radius 2 is 1.07 bits per heavy atom. The van der Waals surface area contributed by atoms with Crippen LogP contribution in [0.2, 0.25) is 33.2 Å². The Bertz CT molecular complexity index is 1430. The first-order chi connectivity index (χ1) is 19.0. The standard InChI is InChI=1S/C36H48O3Si2/c1-22(2)40(23(3)4,24(5)6)19-17-28-21-32-29-15-13-14-16-30(29)35(37)34(32)31(33(28)36(38)39)18-20-41(25(7)8,26(9)10)27(11)12/h13-16,21-27H,1-12H3,(H,38,39). The Kier molecular flexibility index (Phi) is 9.69. The molecule has 0 bridgehead atoms. The largest absolute Gasteiger partial charge is 0.478 e. The molecule has 0 fully saturated rings. The van der Waals surface area contributed by atoms with Crippen LogP contribution >= 0.6 is 0 Å². The van der Waals surface area contributed by atoms with E-state index in [0.717, 1.165) is 11.1 Å². The van der Waals surface area contributed by atoms with Crippen LogP contribution in [-0.4, -0.2) is 33.0 Å². The Morgan fingerprint density at radius 3 is 1.49 bits per heavy atom. The minimum Gasteiger partial charge on any atom is -0.478 e. The molecule has 0 amide bonds. The van der Waals surface area contributed by atoms with Crippen molar-refractivity contribution in [3.05, 3.63) is 58.1 Å². The van der Waals surface area contributed by atoms with E-state index in [4.69, 9.17) is 0 Å². The van der Waals surface area contributed by atoms with E-state index in [1.165, 1.54) is 0 Å². The van der Waals surface area contributed by atoms with Crippen LogP contribution in [0.15, 0.2) is 30.3 Å². The molecule has 0 saturated carbocycles. The number of ketones is 1. The third kappa shape index (κ3) is 5.40. The van der Waals surface area contributed by atoms with Crippen molar-refractivity contribution in [1.29, 1.82) is 0 Å². The zero-order valence-electron chi connectivity index (χ0n) is 27.1. The fourth-order valence-electron chi connectivity index (χ4n) is 7.84. The third-order valence-electron chi connectivity index (χ3n) is 9.78. The Balaban J connectivity index is 2.52. The molecule has 0 saturated heterocycles. The molecular formula is C36H48O3Si2. The van der Waals surface area contributed by atoms with E-state index in [1.54, 1.807) is 0 Å².